The first kappa shape index (κ1) is 14.1. The summed E-state index contributed by atoms with van der Waals surface area (Å²) in [6.07, 6.45) is 2.35. The Kier molecular flexibility index (Phi) is 4.49. The lowest BCUT2D eigenvalue weighted by Gasteiger charge is -2.34. The molecule has 2 heterocycles. The van der Waals surface area contributed by atoms with E-state index in [-0.39, 0.29) is 0 Å². The third-order valence-electron chi connectivity index (χ3n) is 3.82. The zero-order valence-electron chi connectivity index (χ0n) is 11.9. The largest absolute Gasteiger partial charge is 0.297 e. The van der Waals surface area contributed by atoms with Gasteiger partial charge < -0.3 is 0 Å². The molecular weight excluding hydrogens is 290 g/mol. The summed E-state index contributed by atoms with van der Waals surface area (Å²) in [7, 11) is 2.05. The summed E-state index contributed by atoms with van der Waals surface area (Å²) >= 11 is 3.71. The van der Waals surface area contributed by atoms with Crippen molar-refractivity contribution in [1.82, 2.24) is 14.7 Å². The number of aryl methyl sites for hydroxylation is 2. The molecule has 0 aromatic carbocycles. The molecular formula is C14H24BrN3. The van der Waals surface area contributed by atoms with Crippen molar-refractivity contribution < 1.29 is 0 Å². The van der Waals surface area contributed by atoms with Crippen molar-refractivity contribution in [1.29, 1.82) is 0 Å². The van der Waals surface area contributed by atoms with Crippen LogP contribution in [-0.2, 0) is 20.0 Å². The van der Waals surface area contributed by atoms with Gasteiger partial charge in [0.2, 0.25) is 0 Å². The van der Waals surface area contributed by atoms with Gasteiger partial charge in [0, 0.05) is 26.7 Å². The Morgan fingerprint density at radius 3 is 2.39 bits per heavy atom. The number of hydrogen-bond acceptors (Lipinski definition) is 2. The van der Waals surface area contributed by atoms with E-state index in [0.29, 0.717) is 0 Å². The van der Waals surface area contributed by atoms with Crippen molar-refractivity contribution in [3.8, 4) is 0 Å². The van der Waals surface area contributed by atoms with E-state index >= 15 is 0 Å². The van der Waals surface area contributed by atoms with E-state index in [0.717, 1.165) is 24.8 Å². The highest BCUT2D eigenvalue weighted by Gasteiger charge is 2.24. The van der Waals surface area contributed by atoms with Crippen molar-refractivity contribution >= 4 is 15.9 Å². The maximum atomic E-state index is 4.58. The first-order chi connectivity index (χ1) is 8.51. The lowest BCUT2D eigenvalue weighted by molar-refractivity contribution is 0.131. The molecule has 1 fully saturated rings. The molecule has 1 saturated heterocycles. The van der Waals surface area contributed by atoms with Crippen LogP contribution >= 0.6 is 15.9 Å². The van der Waals surface area contributed by atoms with Gasteiger partial charge in [-0.15, -0.1) is 0 Å². The van der Waals surface area contributed by atoms with Crippen LogP contribution in [-0.4, -0.2) is 27.8 Å². The van der Waals surface area contributed by atoms with Crippen LogP contribution in [0, 0.1) is 11.8 Å². The Hall–Kier alpha value is -0.350. The predicted octanol–water partition coefficient (Wildman–Crippen LogP) is 3.22. The Morgan fingerprint density at radius 2 is 1.89 bits per heavy atom. The molecule has 1 aliphatic rings. The van der Waals surface area contributed by atoms with Crippen molar-refractivity contribution in [3.05, 3.63) is 15.9 Å². The normalized spacial score (nSPS) is 25.6. The SMILES string of the molecule is CCc1nn(C)c(CN2CC(C)CC(C)C2)c1Br. The average Bonchev–Trinajstić information content (AvgIpc) is 2.55. The molecule has 1 aliphatic heterocycles. The molecule has 102 valence electrons. The summed E-state index contributed by atoms with van der Waals surface area (Å²) < 4.78 is 3.24. The maximum absolute atomic E-state index is 4.58. The van der Waals surface area contributed by atoms with Crippen LogP contribution in [0.4, 0.5) is 0 Å². The third-order valence-corrected chi connectivity index (χ3v) is 4.74. The van der Waals surface area contributed by atoms with Crippen LogP contribution in [0.15, 0.2) is 4.47 Å². The molecule has 0 bridgehead atoms. The summed E-state index contributed by atoms with van der Waals surface area (Å²) in [5, 5.41) is 4.58. The lowest BCUT2D eigenvalue weighted by Crippen LogP contribution is -2.38. The summed E-state index contributed by atoms with van der Waals surface area (Å²) in [5.74, 6) is 1.62. The standard InChI is InChI=1S/C14H24BrN3/c1-5-12-14(15)13(17(4)16-12)9-18-7-10(2)6-11(3)8-18/h10-11H,5-9H2,1-4H3. The number of halogens is 1. The number of likely N-dealkylation sites (tertiary alicyclic amines) is 1. The Morgan fingerprint density at radius 1 is 1.28 bits per heavy atom. The van der Waals surface area contributed by atoms with Crippen molar-refractivity contribution in [2.24, 2.45) is 18.9 Å². The van der Waals surface area contributed by atoms with Crippen molar-refractivity contribution in [2.75, 3.05) is 13.1 Å². The molecule has 0 N–H and O–H groups in total. The predicted molar refractivity (Wildman–Crippen MR) is 78.5 cm³/mol. The quantitative estimate of drug-likeness (QED) is 0.854. The molecule has 2 rings (SSSR count). The highest BCUT2D eigenvalue weighted by molar-refractivity contribution is 9.10. The van der Waals surface area contributed by atoms with Gasteiger partial charge in [-0.1, -0.05) is 20.8 Å². The average molecular weight is 314 g/mol. The Balaban J connectivity index is 2.11. The minimum absolute atomic E-state index is 0.811. The number of piperidine rings is 1. The molecule has 1 aromatic heterocycles. The first-order valence-electron chi connectivity index (χ1n) is 6.93. The molecule has 0 spiro atoms. The van der Waals surface area contributed by atoms with Gasteiger partial charge in [0.1, 0.15) is 0 Å². The maximum Gasteiger partial charge on any atom is 0.0767 e. The van der Waals surface area contributed by atoms with Gasteiger partial charge in [-0.3, -0.25) is 9.58 Å². The molecule has 2 atom stereocenters. The molecule has 3 nitrogen and oxygen atoms in total. The van der Waals surface area contributed by atoms with E-state index in [4.69, 9.17) is 0 Å². The second-order valence-corrected chi connectivity index (χ2v) is 6.62. The highest BCUT2D eigenvalue weighted by Crippen LogP contribution is 2.26. The molecule has 4 heteroatoms. The molecule has 0 radical (unpaired) electrons. The van der Waals surface area contributed by atoms with Gasteiger partial charge >= 0.3 is 0 Å². The zero-order chi connectivity index (χ0) is 13.3. The summed E-state index contributed by atoms with van der Waals surface area (Å²) in [6, 6.07) is 0. The first-order valence-corrected chi connectivity index (χ1v) is 7.73. The van der Waals surface area contributed by atoms with Gasteiger partial charge in [0.05, 0.1) is 15.9 Å². The zero-order valence-corrected chi connectivity index (χ0v) is 13.5. The Labute approximate surface area is 119 Å². The van der Waals surface area contributed by atoms with Crippen LogP contribution in [0.25, 0.3) is 0 Å². The number of aromatic nitrogens is 2. The molecule has 18 heavy (non-hydrogen) atoms. The van der Waals surface area contributed by atoms with E-state index in [9.17, 15) is 0 Å². The van der Waals surface area contributed by atoms with Gasteiger partial charge in [-0.05, 0) is 40.6 Å². The monoisotopic (exact) mass is 313 g/mol. The van der Waals surface area contributed by atoms with E-state index in [2.05, 4.69) is 53.7 Å². The van der Waals surface area contributed by atoms with E-state index in [1.807, 2.05) is 4.68 Å². The van der Waals surface area contributed by atoms with Gasteiger partial charge in [0.15, 0.2) is 0 Å². The smallest absolute Gasteiger partial charge is 0.0767 e. The molecule has 0 amide bonds. The molecule has 0 aliphatic carbocycles. The topological polar surface area (TPSA) is 21.1 Å². The van der Waals surface area contributed by atoms with E-state index in [1.165, 1.54) is 35.4 Å². The molecule has 2 unspecified atom stereocenters. The number of rotatable bonds is 3. The van der Waals surface area contributed by atoms with Crippen molar-refractivity contribution in [3.63, 3.8) is 0 Å². The summed E-state index contributed by atoms with van der Waals surface area (Å²) in [4.78, 5) is 2.57. The minimum Gasteiger partial charge on any atom is -0.297 e. The Bertz CT molecular complexity index is 403. The van der Waals surface area contributed by atoms with Crippen LogP contribution in [0.3, 0.4) is 0 Å². The number of nitrogens with zero attached hydrogens (tertiary/aromatic N) is 3. The van der Waals surface area contributed by atoms with E-state index in [1.54, 1.807) is 0 Å². The van der Waals surface area contributed by atoms with Gasteiger partial charge in [-0.2, -0.15) is 5.10 Å². The fourth-order valence-corrected chi connectivity index (χ4v) is 3.87. The summed E-state index contributed by atoms with van der Waals surface area (Å²) in [6.45, 7) is 10.3. The van der Waals surface area contributed by atoms with E-state index < -0.39 is 0 Å². The fourth-order valence-electron chi connectivity index (χ4n) is 3.12. The number of hydrogen-bond donors (Lipinski definition) is 0. The minimum atomic E-state index is 0.811. The molecule has 0 saturated carbocycles. The molecule has 1 aromatic rings. The van der Waals surface area contributed by atoms with Crippen molar-refractivity contribution in [2.45, 2.75) is 40.2 Å². The van der Waals surface area contributed by atoms with Crippen LogP contribution in [0.5, 0.6) is 0 Å². The lowest BCUT2D eigenvalue weighted by atomic mass is 9.92. The van der Waals surface area contributed by atoms with Crippen LogP contribution in [0.1, 0.15) is 38.6 Å². The van der Waals surface area contributed by atoms with Gasteiger partial charge in [-0.25, -0.2) is 0 Å². The van der Waals surface area contributed by atoms with Crippen LogP contribution in [0.2, 0.25) is 0 Å². The fraction of sp³-hybridized carbons (Fsp3) is 0.786. The highest BCUT2D eigenvalue weighted by atomic mass is 79.9. The van der Waals surface area contributed by atoms with Crippen LogP contribution < -0.4 is 0 Å². The second-order valence-electron chi connectivity index (χ2n) is 5.82. The second kappa shape index (κ2) is 5.74. The summed E-state index contributed by atoms with van der Waals surface area (Å²) in [5.41, 5.74) is 2.48. The van der Waals surface area contributed by atoms with Gasteiger partial charge in [0.25, 0.3) is 0 Å². The third kappa shape index (κ3) is 2.97.